The normalized spacial score (nSPS) is 44.0. The Morgan fingerprint density at radius 3 is 2.80 bits per heavy atom. The summed E-state index contributed by atoms with van der Waals surface area (Å²) in [6.07, 6.45) is 10.6. The standard InChI is InChI=1S/C26H40FNO2/c1-17(15-28-12-10-21(27)16-28)23-8-9-24-19(5-4-11-26(23,24)3)6-7-20-13-22(29)14-25(30)18(20)2/h6-7,17,21-25,29-30H,2,4-5,8-16H2,1,3H3/t17?,21?,22-,23-,24+,25+,26-/m1/s1. The first kappa shape index (κ1) is 22.2. The highest BCUT2D eigenvalue weighted by molar-refractivity contribution is 5.38. The van der Waals surface area contributed by atoms with Gasteiger partial charge in [-0.2, -0.15) is 0 Å². The average Bonchev–Trinajstić information content (AvgIpc) is 3.25. The van der Waals surface area contributed by atoms with Crippen LogP contribution < -0.4 is 0 Å². The molecule has 4 aliphatic rings. The van der Waals surface area contributed by atoms with Gasteiger partial charge in [-0.05, 0) is 79.3 Å². The number of allylic oxidation sites excluding steroid dienone is 3. The van der Waals surface area contributed by atoms with E-state index in [4.69, 9.17) is 0 Å². The summed E-state index contributed by atoms with van der Waals surface area (Å²) in [4.78, 5) is 2.33. The molecule has 0 amide bonds. The largest absolute Gasteiger partial charge is 0.393 e. The maximum Gasteiger partial charge on any atom is 0.114 e. The number of hydrogen-bond acceptors (Lipinski definition) is 3. The van der Waals surface area contributed by atoms with Gasteiger partial charge in [0.05, 0.1) is 12.2 Å². The van der Waals surface area contributed by atoms with Gasteiger partial charge in [0.2, 0.25) is 0 Å². The molecule has 7 atom stereocenters. The molecule has 0 aromatic heterocycles. The Hall–Kier alpha value is -0.970. The van der Waals surface area contributed by atoms with Gasteiger partial charge in [0.15, 0.2) is 0 Å². The van der Waals surface area contributed by atoms with Crippen molar-refractivity contribution in [3.63, 3.8) is 0 Å². The van der Waals surface area contributed by atoms with E-state index >= 15 is 0 Å². The fourth-order valence-electron chi connectivity index (χ4n) is 7.16. The van der Waals surface area contributed by atoms with Crippen molar-refractivity contribution < 1.29 is 14.6 Å². The second-order valence-corrected chi connectivity index (χ2v) is 10.8. The van der Waals surface area contributed by atoms with Crippen LogP contribution in [0.3, 0.4) is 0 Å². The van der Waals surface area contributed by atoms with E-state index in [-0.39, 0.29) is 0 Å². The first-order valence-corrected chi connectivity index (χ1v) is 12.1. The molecular weight excluding hydrogens is 377 g/mol. The molecule has 0 radical (unpaired) electrons. The van der Waals surface area contributed by atoms with Gasteiger partial charge in [-0.3, -0.25) is 0 Å². The number of rotatable bonds is 4. The van der Waals surface area contributed by atoms with Crippen LogP contribution in [0.5, 0.6) is 0 Å². The molecule has 3 saturated carbocycles. The predicted molar refractivity (Wildman–Crippen MR) is 120 cm³/mol. The van der Waals surface area contributed by atoms with Crippen molar-refractivity contribution in [2.75, 3.05) is 19.6 Å². The zero-order valence-corrected chi connectivity index (χ0v) is 18.8. The monoisotopic (exact) mass is 417 g/mol. The van der Waals surface area contributed by atoms with Gasteiger partial charge in [-0.1, -0.05) is 38.2 Å². The maximum absolute atomic E-state index is 13.6. The number of likely N-dealkylation sites (tertiary alicyclic amines) is 1. The van der Waals surface area contributed by atoms with Crippen LogP contribution in [-0.2, 0) is 0 Å². The van der Waals surface area contributed by atoms with Crippen LogP contribution in [0.4, 0.5) is 4.39 Å². The third kappa shape index (κ3) is 4.33. The Labute approximate surface area is 181 Å². The molecule has 0 spiro atoms. The number of halogens is 1. The first-order valence-electron chi connectivity index (χ1n) is 12.1. The van der Waals surface area contributed by atoms with E-state index in [1.807, 2.05) is 0 Å². The third-order valence-electron chi connectivity index (χ3n) is 8.75. The smallest absolute Gasteiger partial charge is 0.114 e. The van der Waals surface area contributed by atoms with Crippen molar-refractivity contribution >= 4 is 0 Å². The Balaban J connectivity index is 1.47. The second kappa shape index (κ2) is 8.88. The van der Waals surface area contributed by atoms with E-state index in [1.54, 1.807) is 5.57 Å². The molecule has 1 saturated heterocycles. The quantitative estimate of drug-likeness (QED) is 0.690. The number of alkyl halides is 1. The summed E-state index contributed by atoms with van der Waals surface area (Å²) >= 11 is 0. The third-order valence-corrected chi connectivity index (χ3v) is 8.75. The summed E-state index contributed by atoms with van der Waals surface area (Å²) in [5, 5.41) is 20.2. The fraction of sp³-hybridized carbons (Fsp3) is 0.769. The number of hydrogen-bond donors (Lipinski definition) is 2. The van der Waals surface area contributed by atoms with Crippen LogP contribution in [-0.4, -0.2) is 53.1 Å². The molecule has 4 heteroatoms. The molecular formula is C26H40FNO2. The molecule has 3 nitrogen and oxygen atoms in total. The number of aliphatic hydroxyl groups is 2. The SMILES string of the molecule is C=C1C(=CC=C2CCC[C@]3(C)[C@@H](C(C)CN4CCC(F)C4)CC[C@@H]23)C[C@@H](O)C[C@@H]1O. The van der Waals surface area contributed by atoms with Gasteiger partial charge in [0, 0.05) is 26.1 Å². The summed E-state index contributed by atoms with van der Waals surface area (Å²) in [6, 6.07) is 0. The van der Waals surface area contributed by atoms with Gasteiger partial charge in [-0.25, -0.2) is 4.39 Å². The van der Waals surface area contributed by atoms with Crippen molar-refractivity contribution in [2.24, 2.45) is 23.2 Å². The van der Waals surface area contributed by atoms with Crippen LogP contribution >= 0.6 is 0 Å². The van der Waals surface area contributed by atoms with Crippen molar-refractivity contribution in [1.82, 2.24) is 4.90 Å². The van der Waals surface area contributed by atoms with Crippen molar-refractivity contribution in [3.8, 4) is 0 Å². The van der Waals surface area contributed by atoms with Crippen molar-refractivity contribution in [3.05, 3.63) is 35.5 Å². The second-order valence-electron chi connectivity index (χ2n) is 10.8. The maximum atomic E-state index is 13.6. The zero-order chi connectivity index (χ0) is 21.5. The Kier molecular flexibility index (Phi) is 6.58. The molecule has 0 aromatic rings. The van der Waals surface area contributed by atoms with E-state index < -0.39 is 18.4 Å². The lowest BCUT2D eigenvalue weighted by atomic mass is 9.61. The molecule has 1 aliphatic heterocycles. The van der Waals surface area contributed by atoms with E-state index in [0.717, 1.165) is 30.7 Å². The highest BCUT2D eigenvalue weighted by Gasteiger charge is 2.50. The Morgan fingerprint density at radius 1 is 1.27 bits per heavy atom. The molecule has 3 aliphatic carbocycles. The molecule has 0 bridgehead atoms. The molecule has 2 N–H and O–H groups in total. The molecule has 1 heterocycles. The highest BCUT2D eigenvalue weighted by Crippen LogP contribution is 2.59. The average molecular weight is 418 g/mol. The van der Waals surface area contributed by atoms with Crippen LogP contribution in [0.25, 0.3) is 0 Å². The number of aliphatic hydroxyl groups excluding tert-OH is 2. The Bertz CT molecular complexity index is 716. The minimum absolute atomic E-state index is 0.333. The van der Waals surface area contributed by atoms with Gasteiger partial charge >= 0.3 is 0 Å². The van der Waals surface area contributed by atoms with Gasteiger partial charge in [0.25, 0.3) is 0 Å². The fourth-order valence-corrected chi connectivity index (χ4v) is 7.16. The Morgan fingerprint density at radius 2 is 2.07 bits per heavy atom. The summed E-state index contributed by atoms with van der Waals surface area (Å²) in [5.41, 5.74) is 3.64. The van der Waals surface area contributed by atoms with E-state index in [9.17, 15) is 14.6 Å². The molecule has 2 unspecified atom stereocenters. The number of fused-ring (bicyclic) bond motifs is 1. The minimum atomic E-state index is -0.632. The molecule has 4 fully saturated rings. The first-order chi connectivity index (χ1) is 14.3. The lowest BCUT2D eigenvalue weighted by Gasteiger charge is -2.45. The van der Waals surface area contributed by atoms with Crippen molar-refractivity contribution in [2.45, 2.75) is 83.6 Å². The molecule has 30 heavy (non-hydrogen) atoms. The zero-order valence-electron chi connectivity index (χ0n) is 18.8. The topological polar surface area (TPSA) is 43.7 Å². The summed E-state index contributed by atoms with van der Waals surface area (Å²) in [6.45, 7) is 11.5. The summed E-state index contributed by atoms with van der Waals surface area (Å²) in [5.74, 6) is 1.92. The predicted octanol–water partition coefficient (Wildman–Crippen LogP) is 4.81. The minimum Gasteiger partial charge on any atom is -0.393 e. The van der Waals surface area contributed by atoms with Crippen LogP contribution in [0.2, 0.25) is 0 Å². The number of nitrogens with zero attached hydrogens (tertiary/aromatic N) is 1. The van der Waals surface area contributed by atoms with Gasteiger partial charge in [0.1, 0.15) is 6.17 Å². The van der Waals surface area contributed by atoms with E-state index in [0.29, 0.717) is 49.0 Å². The molecule has 4 rings (SSSR count). The lowest BCUT2D eigenvalue weighted by molar-refractivity contribution is 0.0811. The van der Waals surface area contributed by atoms with Gasteiger partial charge < -0.3 is 15.1 Å². The van der Waals surface area contributed by atoms with Crippen LogP contribution in [0, 0.1) is 23.2 Å². The van der Waals surface area contributed by atoms with Crippen LogP contribution in [0.1, 0.15) is 65.2 Å². The summed E-state index contributed by atoms with van der Waals surface area (Å²) < 4.78 is 13.6. The highest BCUT2D eigenvalue weighted by atomic mass is 19.1. The lowest BCUT2D eigenvalue weighted by Crippen LogP contribution is -2.39. The molecule has 0 aromatic carbocycles. The summed E-state index contributed by atoms with van der Waals surface area (Å²) in [7, 11) is 0. The van der Waals surface area contributed by atoms with Crippen molar-refractivity contribution in [1.29, 1.82) is 0 Å². The van der Waals surface area contributed by atoms with Crippen LogP contribution in [0.15, 0.2) is 35.5 Å². The van der Waals surface area contributed by atoms with E-state index in [2.05, 4.69) is 37.5 Å². The van der Waals surface area contributed by atoms with Gasteiger partial charge in [-0.15, -0.1) is 0 Å². The van der Waals surface area contributed by atoms with E-state index in [1.165, 1.54) is 25.7 Å². The molecule has 168 valence electrons.